The molecule has 2 aromatic carbocycles. The van der Waals surface area contributed by atoms with Gasteiger partial charge in [0.05, 0.1) is 22.8 Å². The third-order valence-corrected chi connectivity index (χ3v) is 5.43. The van der Waals surface area contributed by atoms with Gasteiger partial charge < -0.3 is 20.5 Å². The maximum Gasteiger partial charge on any atom is 0.323 e. The highest BCUT2D eigenvalue weighted by Crippen LogP contribution is 2.29. The number of nitrogens with one attached hydrogen (secondary N) is 3. The number of para-hydroxylation sites is 1. The van der Waals surface area contributed by atoms with Gasteiger partial charge in [0.2, 0.25) is 5.91 Å². The Morgan fingerprint density at radius 3 is 2.46 bits per heavy atom. The summed E-state index contributed by atoms with van der Waals surface area (Å²) in [5, 5.41) is 16.5. The first-order chi connectivity index (χ1) is 17.8. The van der Waals surface area contributed by atoms with Gasteiger partial charge in [-0.15, -0.1) is 0 Å². The maximum atomic E-state index is 14.9. The molecule has 37 heavy (non-hydrogen) atoms. The molecule has 0 radical (unpaired) electrons. The number of rotatable bonds is 6. The second-order valence-electron chi connectivity index (χ2n) is 7.88. The Morgan fingerprint density at radius 2 is 1.76 bits per heavy atom. The van der Waals surface area contributed by atoms with Crippen LogP contribution in [0.2, 0.25) is 0 Å². The topological polar surface area (TPSA) is 129 Å². The Hall–Kier alpha value is -5.11. The van der Waals surface area contributed by atoms with E-state index >= 15 is 0 Å². The number of aromatic nitrogens is 2. The van der Waals surface area contributed by atoms with E-state index in [-0.39, 0.29) is 35.6 Å². The van der Waals surface area contributed by atoms with Crippen molar-refractivity contribution in [1.82, 2.24) is 9.55 Å². The molecule has 2 aromatic heterocycles. The van der Waals surface area contributed by atoms with E-state index in [1.807, 2.05) is 0 Å². The van der Waals surface area contributed by atoms with Crippen LogP contribution in [0.15, 0.2) is 65.6 Å². The number of fused-ring (bicyclic) bond motifs is 1. The summed E-state index contributed by atoms with van der Waals surface area (Å²) in [4.78, 5) is 41.5. The number of nitriles is 1. The van der Waals surface area contributed by atoms with Crippen molar-refractivity contribution < 1.29 is 18.4 Å². The molecule has 2 heterocycles. The summed E-state index contributed by atoms with van der Waals surface area (Å²) in [6, 6.07) is 14.0. The summed E-state index contributed by atoms with van der Waals surface area (Å²) in [6.45, 7) is 1.91. The Balaban J connectivity index is 1.73. The number of aryl methyl sites for hydroxylation is 1. The van der Waals surface area contributed by atoms with Crippen molar-refractivity contribution in [2.75, 3.05) is 16.0 Å². The Bertz CT molecular complexity index is 1610. The molecule has 0 fully saturated rings. The van der Waals surface area contributed by atoms with E-state index in [1.165, 1.54) is 22.9 Å². The lowest BCUT2D eigenvalue weighted by Crippen LogP contribution is -2.23. The number of pyridine rings is 2. The van der Waals surface area contributed by atoms with Crippen LogP contribution in [-0.2, 0) is 11.3 Å². The van der Waals surface area contributed by atoms with Crippen molar-refractivity contribution >= 4 is 40.0 Å². The van der Waals surface area contributed by atoms with Crippen LogP contribution in [0.4, 0.5) is 30.8 Å². The van der Waals surface area contributed by atoms with Gasteiger partial charge in [-0.05, 0) is 31.2 Å². The van der Waals surface area contributed by atoms with Crippen molar-refractivity contribution in [2.24, 2.45) is 0 Å². The van der Waals surface area contributed by atoms with Crippen LogP contribution < -0.4 is 21.5 Å². The summed E-state index contributed by atoms with van der Waals surface area (Å²) in [7, 11) is 0. The van der Waals surface area contributed by atoms with E-state index in [0.717, 1.165) is 6.07 Å². The zero-order chi connectivity index (χ0) is 26.5. The molecular weight excluding hydrogens is 482 g/mol. The minimum atomic E-state index is -1.01. The molecule has 4 aromatic rings. The minimum Gasteiger partial charge on any atom is -0.310 e. The number of anilines is 3. The van der Waals surface area contributed by atoms with Crippen molar-refractivity contribution in [3.8, 4) is 17.2 Å². The van der Waals surface area contributed by atoms with Gasteiger partial charge in [0.1, 0.15) is 23.9 Å². The van der Waals surface area contributed by atoms with Crippen LogP contribution in [0.25, 0.3) is 22.0 Å². The molecule has 9 nitrogen and oxygen atoms in total. The van der Waals surface area contributed by atoms with Gasteiger partial charge >= 0.3 is 6.03 Å². The summed E-state index contributed by atoms with van der Waals surface area (Å²) in [5.74, 6) is -2.41. The fourth-order valence-corrected chi connectivity index (χ4v) is 3.76. The zero-order valence-electron chi connectivity index (χ0n) is 19.5. The molecule has 0 aliphatic carbocycles. The van der Waals surface area contributed by atoms with Gasteiger partial charge in [-0.2, -0.15) is 5.26 Å². The Kier molecular flexibility index (Phi) is 7.20. The van der Waals surface area contributed by atoms with Gasteiger partial charge in [-0.1, -0.05) is 18.2 Å². The number of carbonyl (C=O) groups is 2. The molecule has 4 rings (SSSR count). The van der Waals surface area contributed by atoms with Crippen molar-refractivity contribution in [3.63, 3.8) is 0 Å². The fraction of sp³-hybridized carbons (Fsp3) is 0.115. The molecule has 3 N–H and O–H groups in total. The van der Waals surface area contributed by atoms with E-state index in [2.05, 4.69) is 20.9 Å². The molecule has 0 saturated heterocycles. The molecule has 0 atom stereocenters. The highest BCUT2D eigenvalue weighted by atomic mass is 19.1. The van der Waals surface area contributed by atoms with Crippen molar-refractivity contribution in [1.29, 1.82) is 5.26 Å². The second-order valence-corrected chi connectivity index (χ2v) is 7.88. The fourth-order valence-electron chi connectivity index (χ4n) is 3.76. The third kappa shape index (κ3) is 5.43. The van der Waals surface area contributed by atoms with Gasteiger partial charge in [-0.3, -0.25) is 9.59 Å². The number of benzene rings is 2. The molecule has 0 aliphatic rings. The van der Waals surface area contributed by atoms with Crippen LogP contribution in [0.3, 0.4) is 0 Å². The van der Waals surface area contributed by atoms with E-state index in [4.69, 9.17) is 5.26 Å². The summed E-state index contributed by atoms with van der Waals surface area (Å²) in [5.41, 5.74) is -0.277. The number of halogens is 2. The predicted octanol–water partition coefficient (Wildman–Crippen LogP) is 4.86. The Labute approximate surface area is 209 Å². The molecular formula is C26H20F2N6O3. The normalized spacial score (nSPS) is 10.5. The van der Waals surface area contributed by atoms with Gasteiger partial charge in [0.15, 0.2) is 0 Å². The lowest BCUT2D eigenvalue weighted by molar-refractivity contribution is -0.115. The van der Waals surface area contributed by atoms with Crippen LogP contribution in [-0.4, -0.2) is 21.5 Å². The average Bonchev–Trinajstić information content (AvgIpc) is 2.86. The molecule has 0 aliphatic heterocycles. The lowest BCUT2D eigenvalue weighted by atomic mass is 10.0. The lowest BCUT2D eigenvalue weighted by Gasteiger charge is -2.14. The molecule has 0 saturated carbocycles. The van der Waals surface area contributed by atoms with E-state index in [9.17, 15) is 23.2 Å². The van der Waals surface area contributed by atoms with Gasteiger partial charge in [0.25, 0.3) is 5.56 Å². The quantitative estimate of drug-likeness (QED) is 0.347. The highest BCUT2D eigenvalue weighted by molar-refractivity contribution is 6.00. The average molecular weight is 502 g/mol. The van der Waals surface area contributed by atoms with Crippen LogP contribution >= 0.6 is 0 Å². The first kappa shape index (κ1) is 25.0. The Morgan fingerprint density at radius 1 is 1.00 bits per heavy atom. The van der Waals surface area contributed by atoms with E-state index in [1.54, 1.807) is 43.3 Å². The largest absolute Gasteiger partial charge is 0.323 e. The van der Waals surface area contributed by atoms with Gasteiger partial charge in [0, 0.05) is 41.5 Å². The molecule has 0 spiro atoms. The maximum absolute atomic E-state index is 14.9. The van der Waals surface area contributed by atoms with Gasteiger partial charge in [-0.25, -0.2) is 18.6 Å². The summed E-state index contributed by atoms with van der Waals surface area (Å²) < 4.78 is 30.8. The minimum absolute atomic E-state index is 0.0681. The smallest absolute Gasteiger partial charge is 0.310 e. The molecule has 3 amide bonds. The summed E-state index contributed by atoms with van der Waals surface area (Å²) in [6.07, 6.45) is 1.03. The molecule has 186 valence electrons. The molecule has 0 bridgehead atoms. The number of carbonyl (C=O) groups excluding carboxylic acids is 2. The SMILES string of the molecule is CCn1c(=O)c(-c2cc(NC(=O)Nc3ccccc3)c(F)cc2F)cc2cnc(NC(=O)CC#N)cc21. The zero-order valence-corrected chi connectivity index (χ0v) is 19.5. The number of hydrogen-bond donors (Lipinski definition) is 3. The third-order valence-electron chi connectivity index (χ3n) is 5.43. The van der Waals surface area contributed by atoms with Crippen LogP contribution in [0, 0.1) is 23.0 Å². The number of urea groups is 1. The van der Waals surface area contributed by atoms with Crippen molar-refractivity contribution in [3.05, 3.63) is 82.8 Å². The van der Waals surface area contributed by atoms with Crippen molar-refractivity contribution in [2.45, 2.75) is 19.9 Å². The summed E-state index contributed by atoms with van der Waals surface area (Å²) >= 11 is 0. The number of amides is 3. The monoisotopic (exact) mass is 502 g/mol. The van der Waals surface area contributed by atoms with Crippen LogP contribution in [0.1, 0.15) is 13.3 Å². The predicted molar refractivity (Wildman–Crippen MR) is 135 cm³/mol. The van der Waals surface area contributed by atoms with E-state index in [0.29, 0.717) is 22.7 Å². The highest BCUT2D eigenvalue weighted by Gasteiger charge is 2.19. The first-order valence-electron chi connectivity index (χ1n) is 11.1. The molecule has 0 unspecified atom stereocenters. The second kappa shape index (κ2) is 10.7. The first-order valence-corrected chi connectivity index (χ1v) is 11.1. The molecule has 11 heteroatoms. The van der Waals surface area contributed by atoms with E-state index < -0.39 is 29.1 Å². The number of nitrogens with zero attached hydrogens (tertiary/aromatic N) is 3. The number of hydrogen-bond acceptors (Lipinski definition) is 5. The standard InChI is InChI=1S/C26H20F2N6O3/c1-2-34-22-13-23(33-24(35)8-9-29)30-14-15(22)10-18(25(34)36)17-11-21(20(28)12-19(17)27)32-26(37)31-16-6-4-3-5-7-16/h3-7,10-14H,2,8H2,1H3,(H,30,33,35)(H2,31,32,37). The van der Waals surface area contributed by atoms with Crippen LogP contribution in [0.5, 0.6) is 0 Å².